The molecule has 1 aromatic carbocycles. The van der Waals surface area contributed by atoms with Crippen LogP contribution in [0.4, 0.5) is 5.82 Å². The van der Waals surface area contributed by atoms with Gasteiger partial charge in [0.25, 0.3) is 0 Å². The minimum absolute atomic E-state index is 0. The van der Waals surface area contributed by atoms with Gasteiger partial charge in [0.15, 0.2) is 0 Å². The van der Waals surface area contributed by atoms with Crippen LogP contribution in [-0.4, -0.2) is 28.9 Å². The Kier molecular flexibility index (Phi) is 5.80. The lowest BCUT2D eigenvalue weighted by molar-refractivity contribution is 0.691. The van der Waals surface area contributed by atoms with E-state index < -0.39 is 0 Å². The van der Waals surface area contributed by atoms with E-state index in [2.05, 4.69) is 65.6 Å². The largest absolute Gasteiger partial charge is 0.363 e. The molecule has 0 saturated heterocycles. The van der Waals surface area contributed by atoms with E-state index >= 15 is 0 Å². The zero-order valence-electron chi connectivity index (χ0n) is 14.6. The van der Waals surface area contributed by atoms with Crippen LogP contribution in [0.15, 0.2) is 36.5 Å². The summed E-state index contributed by atoms with van der Waals surface area (Å²) in [4.78, 5) is 6.62. The number of fused-ring (bicyclic) bond motifs is 1. The van der Waals surface area contributed by atoms with Crippen molar-refractivity contribution in [1.29, 1.82) is 0 Å². The van der Waals surface area contributed by atoms with Crippen LogP contribution in [0.25, 0.3) is 10.9 Å². The van der Waals surface area contributed by atoms with Crippen LogP contribution in [0.1, 0.15) is 16.8 Å². The van der Waals surface area contributed by atoms with Gasteiger partial charge < -0.3 is 10.2 Å². The van der Waals surface area contributed by atoms with Gasteiger partial charge in [0.05, 0.1) is 11.2 Å². The van der Waals surface area contributed by atoms with Crippen molar-refractivity contribution in [2.45, 2.75) is 20.0 Å². The number of nitrogens with zero attached hydrogens (tertiary/aromatic N) is 4. The molecule has 0 saturated carbocycles. The van der Waals surface area contributed by atoms with Gasteiger partial charge in [-0.15, -0.1) is 12.4 Å². The highest BCUT2D eigenvalue weighted by Gasteiger charge is 2.14. The summed E-state index contributed by atoms with van der Waals surface area (Å²) in [7, 11) is 6.09. The summed E-state index contributed by atoms with van der Waals surface area (Å²) in [5.74, 6) is 1.14. The number of benzene rings is 1. The Labute approximate surface area is 149 Å². The molecule has 5 nitrogen and oxygen atoms in total. The number of pyridine rings is 1. The van der Waals surface area contributed by atoms with E-state index in [-0.39, 0.29) is 12.4 Å². The molecule has 0 radical (unpaired) electrons. The standard InChI is InChI=1S/C18H23N5.ClH/c1-13-16(18(22(2)3)23(4)21-13)12-19-11-15-8-5-7-14-9-6-10-20-17(14)15;/h5-10,19H,11-12H2,1-4H3;1H. The number of aromatic nitrogens is 3. The number of nitrogens with one attached hydrogen (secondary N) is 1. The van der Waals surface area contributed by atoms with Crippen LogP contribution < -0.4 is 10.2 Å². The highest BCUT2D eigenvalue weighted by atomic mass is 35.5. The summed E-state index contributed by atoms with van der Waals surface area (Å²) in [5.41, 5.74) is 4.60. The fourth-order valence-electron chi connectivity index (χ4n) is 3.09. The zero-order chi connectivity index (χ0) is 16.4. The minimum Gasteiger partial charge on any atom is -0.363 e. The predicted octanol–water partition coefficient (Wildman–Crippen LogP) is 3.05. The maximum Gasteiger partial charge on any atom is 0.130 e. The molecule has 3 aromatic rings. The van der Waals surface area contributed by atoms with Gasteiger partial charge in [-0.3, -0.25) is 9.67 Å². The molecule has 1 N–H and O–H groups in total. The van der Waals surface area contributed by atoms with E-state index in [0.717, 1.165) is 30.1 Å². The van der Waals surface area contributed by atoms with Gasteiger partial charge in [-0.25, -0.2) is 0 Å². The van der Waals surface area contributed by atoms with Crippen LogP contribution in [0.3, 0.4) is 0 Å². The topological polar surface area (TPSA) is 46.0 Å². The summed E-state index contributed by atoms with van der Waals surface area (Å²) in [5, 5.41) is 9.25. The van der Waals surface area contributed by atoms with Crippen molar-refractivity contribution in [3.63, 3.8) is 0 Å². The maximum atomic E-state index is 4.53. The number of halogens is 1. The first-order valence-corrected chi connectivity index (χ1v) is 7.81. The summed E-state index contributed by atoms with van der Waals surface area (Å²) < 4.78 is 1.94. The molecule has 0 spiro atoms. The third-order valence-corrected chi connectivity index (χ3v) is 4.07. The van der Waals surface area contributed by atoms with Gasteiger partial charge in [-0.05, 0) is 18.6 Å². The number of hydrogen-bond acceptors (Lipinski definition) is 4. The van der Waals surface area contributed by atoms with Crippen molar-refractivity contribution < 1.29 is 0 Å². The molecule has 0 fully saturated rings. The average Bonchev–Trinajstić information content (AvgIpc) is 2.81. The SMILES string of the molecule is Cc1nn(C)c(N(C)C)c1CNCc1cccc2cccnc12.Cl. The number of hydrogen-bond donors (Lipinski definition) is 1. The lowest BCUT2D eigenvalue weighted by Gasteiger charge is -2.16. The monoisotopic (exact) mass is 345 g/mol. The first-order chi connectivity index (χ1) is 11.1. The van der Waals surface area contributed by atoms with Gasteiger partial charge in [0, 0.05) is 51.4 Å². The summed E-state index contributed by atoms with van der Waals surface area (Å²) in [6.07, 6.45) is 1.85. The Morgan fingerprint density at radius 3 is 2.62 bits per heavy atom. The van der Waals surface area contributed by atoms with E-state index in [1.165, 1.54) is 16.5 Å². The van der Waals surface area contributed by atoms with Crippen LogP contribution >= 0.6 is 12.4 Å². The maximum absolute atomic E-state index is 4.53. The highest BCUT2D eigenvalue weighted by molar-refractivity contribution is 5.85. The summed E-state index contributed by atoms with van der Waals surface area (Å²) in [6.45, 7) is 3.63. The van der Waals surface area contributed by atoms with Crippen LogP contribution in [0.2, 0.25) is 0 Å². The molecular formula is C18H24ClN5. The molecule has 24 heavy (non-hydrogen) atoms. The second-order valence-corrected chi connectivity index (χ2v) is 6.00. The second-order valence-electron chi connectivity index (χ2n) is 6.00. The summed E-state index contributed by atoms with van der Waals surface area (Å²) >= 11 is 0. The van der Waals surface area contributed by atoms with E-state index in [1.54, 1.807) is 0 Å². The van der Waals surface area contributed by atoms with Crippen molar-refractivity contribution in [3.8, 4) is 0 Å². The van der Waals surface area contributed by atoms with Crippen molar-refractivity contribution in [2.24, 2.45) is 7.05 Å². The molecule has 128 valence electrons. The predicted molar refractivity (Wildman–Crippen MR) is 102 cm³/mol. The van der Waals surface area contributed by atoms with E-state index in [4.69, 9.17) is 0 Å². The molecule has 0 atom stereocenters. The Bertz CT molecular complexity index is 820. The van der Waals surface area contributed by atoms with Crippen molar-refractivity contribution in [3.05, 3.63) is 53.3 Å². The Morgan fingerprint density at radius 1 is 1.12 bits per heavy atom. The third kappa shape index (κ3) is 3.52. The first kappa shape index (κ1) is 18.2. The fraction of sp³-hybridized carbons (Fsp3) is 0.333. The average molecular weight is 346 g/mol. The molecular weight excluding hydrogens is 322 g/mol. The Hall–Kier alpha value is -2.11. The first-order valence-electron chi connectivity index (χ1n) is 7.81. The van der Waals surface area contributed by atoms with E-state index in [9.17, 15) is 0 Å². The molecule has 6 heteroatoms. The van der Waals surface area contributed by atoms with Gasteiger partial charge >= 0.3 is 0 Å². The third-order valence-electron chi connectivity index (χ3n) is 4.07. The van der Waals surface area contributed by atoms with Gasteiger partial charge in [0.1, 0.15) is 5.82 Å². The van der Waals surface area contributed by atoms with Crippen LogP contribution in [0.5, 0.6) is 0 Å². The number of anilines is 1. The van der Waals surface area contributed by atoms with Crippen LogP contribution in [0, 0.1) is 6.92 Å². The molecule has 0 bridgehead atoms. The second kappa shape index (κ2) is 7.64. The van der Waals surface area contributed by atoms with Crippen LogP contribution in [-0.2, 0) is 20.1 Å². The highest BCUT2D eigenvalue weighted by Crippen LogP contribution is 2.21. The van der Waals surface area contributed by atoms with Gasteiger partial charge in [-0.2, -0.15) is 5.10 Å². The number of para-hydroxylation sites is 1. The van der Waals surface area contributed by atoms with Gasteiger partial charge in [0.2, 0.25) is 0 Å². The smallest absolute Gasteiger partial charge is 0.130 e. The van der Waals surface area contributed by atoms with Crippen molar-refractivity contribution >= 4 is 29.1 Å². The number of aryl methyl sites for hydroxylation is 2. The minimum atomic E-state index is 0. The van der Waals surface area contributed by atoms with E-state index in [0.29, 0.717) is 0 Å². The lowest BCUT2D eigenvalue weighted by Crippen LogP contribution is -2.19. The molecule has 0 aliphatic carbocycles. The molecule has 2 heterocycles. The Balaban J connectivity index is 0.00000208. The molecule has 0 amide bonds. The number of rotatable bonds is 5. The van der Waals surface area contributed by atoms with Crippen molar-refractivity contribution in [1.82, 2.24) is 20.1 Å². The Morgan fingerprint density at radius 2 is 1.88 bits per heavy atom. The van der Waals surface area contributed by atoms with Gasteiger partial charge in [-0.1, -0.05) is 24.3 Å². The molecule has 2 aromatic heterocycles. The normalized spacial score (nSPS) is 10.7. The molecule has 0 aliphatic heterocycles. The quantitative estimate of drug-likeness (QED) is 0.772. The van der Waals surface area contributed by atoms with E-state index in [1.807, 2.05) is 24.0 Å². The molecule has 0 aliphatic rings. The zero-order valence-corrected chi connectivity index (χ0v) is 15.4. The van der Waals surface area contributed by atoms with Crippen molar-refractivity contribution in [2.75, 3.05) is 19.0 Å². The molecule has 3 rings (SSSR count). The fourth-order valence-corrected chi connectivity index (χ4v) is 3.09. The summed E-state index contributed by atoms with van der Waals surface area (Å²) in [6, 6.07) is 10.4. The molecule has 0 unspecified atom stereocenters. The lowest BCUT2D eigenvalue weighted by atomic mass is 10.1.